The number of hydrogen-bond acceptors (Lipinski definition) is 2. The van der Waals surface area contributed by atoms with Crippen LogP contribution in [0, 0.1) is 9.49 Å². The van der Waals surface area contributed by atoms with Gasteiger partial charge in [0.05, 0.1) is 5.92 Å². The van der Waals surface area contributed by atoms with Crippen LogP contribution in [0.4, 0.5) is 4.39 Å². The van der Waals surface area contributed by atoms with Crippen LogP contribution in [0.15, 0.2) is 24.3 Å². The van der Waals surface area contributed by atoms with Crippen LogP contribution in [-0.4, -0.2) is 43.2 Å². The number of rotatable bonds is 4. The number of piperidine rings is 1. The maximum absolute atomic E-state index is 12.6. The molecule has 0 aliphatic carbocycles. The number of nitrogens with one attached hydrogen (secondary N) is 1. The summed E-state index contributed by atoms with van der Waals surface area (Å²) in [6.45, 7) is -0.385. The van der Waals surface area contributed by atoms with Gasteiger partial charge in [0.1, 0.15) is 6.67 Å². The Morgan fingerprint density at radius 2 is 2.09 bits per heavy atom. The summed E-state index contributed by atoms with van der Waals surface area (Å²) in [5.74, 6) is 0.180. The average Bonchev–Trinajstić information content (AvgIpc) is 2.75. The van der Waals surface area contributed by atoms with E-state index in [4.69, 9.17) is 0 Å². The predicted octanol–water partition coefficient (Wildman–Crippen LogP) is 2.94. The molecule has 1 aromatic rings. The van der Waals surface area contributed by atoms with Crippen molar-refractivity contribution in [1.29, 1.82) is 0 Å². The molecule has 2 bridgehead atoms. The smallest absolute Gasteiger partial charge is 0.225 e. The maximum atomic E-state index is 12.6. The van der Waals surface area contributed by atoms with Gasteiger partial charge in [0.2, 0.25) is 5.91 Å². The fraction of sp³-hybridized carbons (Fsp3) is 0.588. The standard InChI is InChI=1S/C17H22FIN2O/c1-21-13-6-7-15(21)16(17(22)20-9-8-18)14(10-13)11-2-4-12(19)5-3-11/h2-5,13-16H,6-10H2,1H3,(H,20,22)/t13-,14+,15+,16+/m0/s1. The summed E-state index contributed by atoms with van der Waals surface area (Å²) in [6, 6.07) is 9.35. The molecule has 3 nitrogen and oxygen atoms in total. The van der Waals surface area contributed by atoms with Crippen molar-refractivity contribution in [1.82, 2.24) is 10.2 Å². The number of alkyl halides is 1. The molecule has 0 unspecified atom stereocenters. The molecule has 3 rings (SSSR count). The zero-order valence-electron chi connectivity index (χ0n) is 12.8. The van der Waals surface area contributed by atoms with Crippen LogP contribution in [0.2, 0.25) is 0 Å². The van der Waals surface area contributed by atoms with Gasteiger partial charge in [0, 0.05) is 22.2 Å². The summed E-state index contributed by atoms with van der Waals surface area (Å²) >= 11 is 2.30. The molecule has 4 atom stereocenters. The Labute approximate surface area is 144 Å². The van der Waals surface area contributed by atoms with Gasteiger partial charge in [0.15, 0.2) is 0 Å². The monoisotopic (exact) mass is 416 g/mol. The van der Waals surface area contributed by atoms with Gasteiger partial charge in [-0.05, 0) is 72.5 Å². The summed E-state index contributed by atoms with van der Waals surface area (Å²) in [5.41, 5.74) is 1.24. The molecule has 2 aliphatic rings. The van der Waals surface area contributed by atoms with Gasteiger partial charge >= 0.3 is 0 Å². The largest absolute Gasteiger partial charge is 0.353 e. The Balaban J connectivity index is 1.88. The van der Waals surface area contributed by atoms with Gasteiger partial charge in [-0.3, -0.25) is 9.69 Å². The van der Waals surface area contributed by atoms with Crippen molar-refractivity contribution in [3.63, 3.8) is 0 Å². The van der Waals surface area contributed by atoms with Crippen molar-refractivity contribution in [2.45, 2.75) is 37.3 Å². The number of halogens is 2. The molecular weight excluding hydrogens is 394 g/mol. The first-order chi connectivity index (χ1) is 10.6. The first kappa shape index (κ1) is 16.2. The molecule has 0 saturated carbocycles. The Morgan fingerprint density at radius 3 is 2.77 bits per heavy atom. The van der Waals surface area contributed by atoms with Crippen LogP contribution >= 0.6 is 22.6 Å². The van der Waals surface area contributed by atoms with Crippen molar-refractivity contribution in [2.24, 2.45) is 5.92 Å². The second-order valence-electron chi connectivity index (χ2n) is 6.36. The number of hydrogen-bond donors (Lipinski definition) is 1. The topological polar surface area (TPSA) is 32.3 Å². The highest BCUT2D eigenvalue weighted by molar-refractivity contribution is 14.1. The van der Waals surface area contributed by atoms with Gasteiger partial charge in [-0.25, -0.2) is 4.39 Å². The van der Waals surface area contributed by atoms with E-state index in [1.54, 1.807) is 0 Å². The van der Waals surface area contributed by atoms with E-state index in [1.165, 1.54) is 9.13 Å². The highest BCUT2D eigenvalue weighted by Gasteiger charge is 2.48. The SMILES string of the molecule is CN1[C@H]2CC[C@@H]1[C@H](C(=O)NCCF)[C@@H](c1ccc(I)cc1)C2. The van der Waals surface area contributed by atoms with E-state index < -0.39 is 6.67 Å². The zero-order chi connectivity index (χ0) is 15.7. The molecule has 1 amide bonds. The van der Waals surface area contributed by atoms with Crippen molar-refractivity contribution >= 4 is 28.5 Å². The third-order valence-corrected chi connectivity index (χ3v) is 5.98. The molecule has 2 saturated heterocycles. The lowest BCUT2D eigenvalue weighted by Crippen LogP contribution is -2.51. The van der Waals surface area contributed by atoms with Crippen molar-refractivity contribution < 1.29 is 9.18 Å². The first-order valence-electron chi connectivity index (χ1n) is 7.93. The minimum absolute atomic E-state index is 0.0124. The molecule has 120 valence electrons. The van der Waals surface area contributed by atoms with E-state index in [0.29, 0.717) is 6.04 Å². The quantitative estimate of drug-likeness (QED) is 0.766. The molecule has 1 aromatic carbocycles. The highest BCUT2D eigenvalue weighted by atomic mass is 127. The molecule has 2 heterocycles. The number of carbonyl (C=O) groups excluding carboxylic acids is 1. The molecule has 1 N–H and O–H groups in total. The molecular formula is C17H22FIN2O. The molecule has 22 heavy (non-hydrogen) atoms. The van der Waals surface area contributed by atoms with E-state index in [1.807, 2.05) is 0 Å². The van der Waals surface area contributed by atoms with Crippen LogP contribution in [0.5, 0.6) is 0 Å². The Morgan fingerprint density at radius 1 is 1.36 bits per heavy atom. The lowest BCUT2D eigenvalue weighted by atomic mass is 9.75. The minimum atomic E-state index is -0.504. The normalized spacial score (nSPS) is 31.2. The highest BCUT2D eigenvalue weighted by Crippen LogP contribution is 2.46. The van der Waals surface area contributed by atoms with Gasteiger partial charge in [-0.1, -0.05) is 12.1 Å². The summed E-state index contributed by atoms with van der Waals surface area (Å²) in [7, 11) is 2.13. The minimum Gasteiger partial charge on any atom is -0.353 e. The van der Waals surface area contributed by atoms with Crippen LogP contribution in [0.3, 0.4) is 0 Å². The predicted molar refractivity (Wildman–Crippen MR) is 93.6 cm³/mol. The lowest BCUT2D eigenvalue weighted by Gasteiger charge is -2.42. The lowest BCUT2D eigenvalue weighted by molar-refractivity contribution is -0.129. The van der Waals surface area contributed by atoms with Crippen LogP contribution in [0.25, 0.3) is 0 Å². The fourth-order valence-corrected chi connectivity index (χ4v) is 4.52. The fourth-order valence-electron chi connectivity index (χ4n) is 4.17. The number of carbonyl (C=O) groups is 1. The number of amides is 1. The van der Waals surface area contributed by atoms with Crippen molar-refractivity contribution in [2.75, 3.05) is 20.3 Å². The summed E-state index contributed by atoms with van der Waals surface area (Å²) in [4.78, 5) is 15.0. The molecule has 2 aliphatic heterocycles. The van der Waals surface area contributed by atoms with E-state index in [0.717, 1.165) is 19.3 Å². The summed E-state index contributed by atoms with van der Waals surface area (Å²) in [6.07, 6.45) is 3.24. The van der Waals surface area contributed by atoms with Gasteiger partial charge in [-0.2, -0.15) is 0 Å². The maximum Gasteiger partial charge on any atom is 0.225 e. The van der Waals surface area contributed by atoms with E-state index in [-0.39, 0.29) is 30.3 Å². The average molecular weight is 416 g/mol. The second kappa shape index (κ2) is 6.83. The Bertz CT molecular complexity index is 536. The molecule has 0 aromatic heterocycles. The number of benzene rings is 1. The molecule has 0 spiro atoms. The van der Waals surface area contributed by atoms with Gasteiger partial charge < -0.3 is 5.32 Å². The summed E-state index contributed by atoms with van der Waals surface area (Å²) < 4.78 is 13.6. The Kier molecular flexibility index (Phi) is 5.02. The number of fused-ring (bicyclic) bond motifs is 2. The zero-order valence-corrected chi connectivity index (χ0v) is 14.9. The van der Waals surface area contributed by atoms with E-state index in [2.05, 4.69) is 64.1 Å². The van der Waals surface area contributed by atoms with E-state index >= 15 is 0 Å². The number of nitrogens with zero attached hydrogens (tertiary/aromatic N) is 1. The Hall–Kier alpha value is -0.690. The molecule has 2 fully saturated rings. The third kappa shape index (κ3) is 3.02. The van der Waals surface area contributed by atoms with Gasteiger partial charge in [-0.15, -0.1) is 0 Å². The van der Waals surface area contributed by atoms with E-state index in [9.17, 15) is 9.18 Å². The molecule has 0 radical (unpaired) electrons. The summed E-state index contributed by atoms with van der Waals surface area (Å²) in [5, 5.41) is 2.77. The molecule has 5 heteroatoms. The second-order valence-corrected chi connectivity index (χ2v) is 7.61. The van der Waals surface area contributed by atoms with Gasteiger partial charge in [0.25, 0.3) is 0 Å². The van der Waals surface area contributed by atoms with Crippen LogP contribution < -0.4 is 5.32 Å². The van der Waals surface area contributed by atoms with Crippen LogP contribution in [0.1, 0.15) is 30.7 Å². The first-order valence-corrected chi connectivity index (χ1v) is 9.00. The third-order valence-electron chi connectivity index (χ3n) is 5.26. The van der Waals surface area contributed by atoms with Crippen molar-refractivity contribution in [3.8, 4) is 0 Å². The van der Waals surface area contributed by atoms with Crippen molar-refractivity contribution in [3.05, 3.63) is 33.4 Å². The van der Waals surface area contributed by atoms with Crippen LogP contribution in [-0.2, 0) is 4.79 Å².